The second-order valence-corrected chi connectivity index (χ2v) is 5.51. The Kier molecular flexibility index (Phi) is 3.85. The van der Waals surface area contributed by atoms with Crippen LogP contribution in [0.5, 0.6) is 0 Å². The molecule has 1 aliphatic heterocycles. The van der Waals surface area contributed by atoms with Crippen LogP contribution in [-0.2, 0) is 28.6 Å². The van der Waals surface area contributed by atoms with Gasteiger partial charge in [0.15, 0.2) is 0 Å². The van der Waals surface area contributed by atoms with Gasteiger partial charge in [0.2, 0.25) is 0 Å². The van der Waals surface area contributed by atoms with Crippen LogP contribution in [-0.4, -0.2) is 35.3 Å². The second kappa shape index (κ2) is 5.34. The minimum atomic E-state index is -2.21. The summed E-state index contributed by atoms with van der Waals surface area (Å²) in [7, 11) is 0. The summed E-state index contributed by atoms with van der Waals surface area (Å²) in [6.45, 7) is 3.87. The quantitative estimate of drug-likeness (QED) is 0.193. The molecular formula is C13H15N3O6. The molecular weight excluding hydrogens is 294 g/mol. The van der Waals surface area contributed by atoms with Crippen molar-refractivity contribution in [3.8, 4) is 0 Å². The van der Waals surface area contributed by atoms with Gasteiger partial charge in [-0.25, -0.2) is 9.59 Å². The van der Waals surface area contributed by atoms with Crippen molar-refractivity contribution >= 4 is 17.9 Å². The molecule has 0 N–H and O–H groups in total. The maximum Gasteiger partial charge on any atom is 0.366 e. The number of ether oxygens (including phenoxy) is 3. The third kappa shape index (κ3) is 2.62. The van der Waals surface area contributed by atoms with Crippen molar-refractivity contribution in [2.24, 2.45) is 11.0 Å². The van der Waals surface area contributed by atoms with Crippen molar-refractivity contribution < 1.29 is 28.6 Å². The molecule has 0 aromatic heterocycles. The molecule has 2 atom stereocenters. The van der Waals surface area contributed by atoms with Crippen molar-refractivity contribution in [3.05, 3.63) is 22.6 Å². The molecule has 9 heteroatoms. The number of rotatable bonds is 3. The first-order valence-corrected chi connectivity index (χ1v) is 6.60. The Hall–Kier alpha value is -2.54. The van der Waals surface area contributed by atoms with E-state index in [-0.39, 0.29) is 6.42 Å². The van der Waals surface area contributed by atoms with Crippen LogP contribution >= 0.6 is 0 Å². The molecule has 2 rings (SSSR count). The monoisotopic (exact) mass is 309 g/mol. The zero-order valence-corrected chi connectivity index (χ0v) is 12.3. The lowest BCUT2D eigenvalue weighted by atomic mass is 9.85. The fourth-order valence-electron chi connectivity index (χ4n) is 2.52. The van der Waals surface area contributed by atoms with Crippen molar-refractivity contribution in [1.29, 1.82) is 0 Å². The molecule has 0 unspecified atom stereocenters. The molecule has 0 amide bonds. The Bertz CT molecular complexity index is 585. The first kappa shape index (κ1) is 15.8. The van der Waals surface area contributed by atoms with Gasteiger partial charge in [0, 0.05) is 31.6 Å². The van der Waals surface area contributed by atoms with Gasteiger partial charge in [0.05, 0.1) is 6.04 Å². The lowest BCUT2D eigenvalue weighted by Crippen LogP contribution is -2.63. The van der Waals surface area contributed by atoms with Gasteiger partial charge in [-0.3, -0.25) is 4.79 Å². The first-order valence-electron chi connectivity index (χ1n) is 6.60. The Balaban J connectivity index is 2.40. The Labute approximate surface area is 125 Å². The molecule has 1 aliphatic carbocycles. The van der Waals surface area contributed by atoms with E-state index in [1.165, 1.54) is 26.0 Å². The molecule has 0 bridgehead atoms. The Morgan fingerprint density at radius 1 is 1.36 bits per heavy atom. The van der Waals surface area contributed by atoms with E-state index in [1.54, 1.807) is 0 Å². The lowest BCUT2D eigenvalue weighted by molar-refractivity contribution is -0.267. The molecule has 22 heavy (non-hydrogen) atoms. The lowest BCUT2D eigenvalue weighted by Gasteiger charge is -2.41. The van der Waals surface area contributed by atoms with Gasteiger partial charge >= 0.3 is 23.5 Å². The van der Waals surface area contributed by atoms with Gasteiger partial charge in [-0.05, 0) is 12.0 Å². The number of cyclic esters (lactones) is 2. The molecule has 1 fully saturated rings. The number of hydrogen-bond acceptors (Lipinski definition) is 7. The summed E-state index contributed by atoms with van der Waals surface area (Å²) in [5, 5.41) is 3.51. The predicted molar refractivity (Wildman–Crippen MR) is 70.9 cm³/mol. The largest absolute Gasteiger partial charge is 0.434 e. The van der Waals surface area contributed by atoms with Crippen LogP contribution in [0.3, 0.4) is 0 Å². The molecule has 0 saturated carbocycles. The SMILES string of the molecule is CC(=O)OC1([C@H]2C=C[C@H](N=[N+]=[N-])C2)C(=O)OC(C)(C)OC1=O. The minimum Gasteiger partial charge on any atom is -0.434 e. The predicted octanol–water partition coefficient (Wildman–Crippen LogP) is 1.38. The van der Waals surface area contributed by atoms with Gasteiger partial charge in [-0.15, -0.1) is 0 Å². The molecule has 0 radical (unpaired) electrons. The van der Waals surface area contributed by atoms with Crippen molar-refractivity contribution in [2.45, 2.75) is 44.6 Å². The molecule has 118 valence electrons. The van der Waals surface area contributed by atoms with Crippen LogP contribution in [0.4, 0.5) is 0 Å². The highest BCUT2D eigenvalue weighted by molar-refractivity contribution is 6.07. The molecule has 0 aromatic rings. The highest BCUT2D eigenvalue weighted by Gasteiger charge is 2.64. The van der Waals surface area contributed by atoms with E-state index in [0.717, 1.165) is 6.92 Å². The molecule has 0 spiro atoms. The number of carbonyl (C=O) groups is 3. The van der Waals surface area contributed by atoms with Crippen molar-refractivity contribution in [2.75, 3.05) is 0 Å². The van der Waals surface area contributed by atoms with E-state index in [0.29, 0.717) is 0 Å². The number of azide groups is 1. The van der Waals surface area contributed by atoms with Crippen LogP contribution in [0, 0.1) is 5.92 Å². The maximum absolute atomic E-state index is 12.4. The zero-order valence-electron chi connectivity index (χ0n) is 12.3. The van der Waals surface area contributed by atoms with Gasteiger partial charge in [-0.1, -0.05) is 17.3 Å². The number of esters is 3. The summed E-state index contributed by atoms with van der Waals surface area (Å²) in [5.74, 6) is -5.10. The summed E-state index contributed by atoms with van der Waals surface area (Å²) in [4.78, 5) is 38.8. The summed E-state index contributed by atoms with van der Waals surface area (Å²) in [6, 6.07) is -0.544. The Morgan fingerprint density at radius 2 is 1.95 bits per heavy atom. The average molecular weight is 309 g/mol. The third-order valence-corrected chi connectivity index (χ3v) is 3.37. The number of carbonyl (C=O) groups excluding carboxylic acids is 3. The fraction of sp³-hybridized carbons (Fsp3) is 0.615. The van der Waals surface area contributed by atoms with E-state index < -0.39 is 41.3 Å². The van der Waals surface area contributed by atoms with Gasteiger partial charge < -0.3 is 14.2 Å². The van der Waals surface area contributed by atoms with E-state index in [4.69, 9.17) is 19.7 Å². The smallest absolute Gasteiger partial charge is 0.366 e. The first-order chi connectivity index (χ1) is 10.2. The number of hydrogen-bond donors (Lipinski definition) is 0. The van der Waals surface area contributed by atoms with Crippen LogP contribution in [0.2, 0.25) is 0 Å². The van der Waals surface area contributed by atoms with Gasteiger partial charge in [0.25, 0.3) is 5.79 Å². The summed E-state index contributed by atoms with van der Waals surface area (Å²) in [5.41, 5.74) is 6.25. The van der Waals surface area contributed by atoms with E-state index in [2.05, 4.69) is 10.0 Å². The van der Waals surface area contributed by atoms with Crippen LogP contribution in [0.1, 0.15) is 27.2 Å². The zero-order chi connectivity index (χ0) is 16.5. The van der Waals surface area contributed by atoms with Crippen molar-refractivity contribution in [1.82, 2.24) is 0 Å². The van der Waals surface area contributed by atoms with E-state index in [1.807, 2.05) is 0 Å². The summed E-state index contributed by atoms with van der Waals surface area (Å²) in [6.07, 6.45) is 3.15. The van der Waals surface area contributed by atoms with Gasteiger partial charge in [0.1, 0.15) is 0 Å². The van der Waals surface area contributed by atoms with Crippen LogP contribution in [0.25, 0.3) is 10.4 Å². The second-order valence-electron chi connectivity index (χ2n) is 5.51. The highest BCUT2D eigenvalue weighted by Crippen LogP contribution is 2.40. The van der Waals surface area contributed by atoms with Gasteiger partial charge in [-0.2, -0.15) is 0 Å². The maximum atomic E-state index is 12.4. The highest BCUT2D eigenvalue weighted by atomic mass is 16.8. The molecule has 1 saturated heterocycles. The number of nitrogens with zero attached hydrogens (tertiary/aromatic N) is 3. The summed E-state index contributed by atoms with van der Waals surface area (Å²) >= 11 is 0. The van der Waals surface area contributed by atoms with E-state index >= 15 is 0 Å². The molecule has 2 aliphatic rings. The van der Waals surface area contributed by atoms with Crippen LogP contribution < -0.4 is 0 Å². The minimum absolute atomic E-state index is 0.127. The topological polar surface area (TPSA) is 128 Å². The van der Waals surface area contributed by atoms with Crippen molar-refractivity contribution in [3.63, 3.8) is 0 Å². The summed E-state index contributed by atoms with van der Waals surface area (Å²) < 4.78 is 15.2. The standard InChI is InChI=1S/C13H15N3O6/c1-7(17)20-13(8-4-5-9(6-8)15-16-14)10(18)21-12(2,3)22-11(13)19/h4-5,8-9H,6H2,1-3H3/t8-,9-/m0/s1. The van der Waals surface area contributed by atoms with E-state index in [9.17, 15) is 14.4 Å². The molecule has 0 aromatic carbocycles. The average Bonchev–Trinajstić information content (AvgIpc) is 2.82. The normalized spacial score (nSPS) is 28.3. The van der Waals surface area contributed by atoms with Crippen LogP contribution in [0.15, 0.2) is 17.3 Å². The fourth-order valence-corrected chi connectivity index (χ4v) is 2.52. The third-order valence-electron chi connectivity index (χ3n) is 3.37. The molecule has 9 nitrogen and oxygen atoms in total. The Morgan fingerprint density at radius 3 is 2.45 bits per heavy atom. The molecule has 1 heterocycles.